The van der Waals surface area contributed by atoms with Gasteiger partial charge in [-0.15, -0.1) is 0 Å². The zero-order valence-corrected chi connectivity index (χ0v) is 10.3. The summed E-state index contributed by atoms with van der Waals surface area (Å²) < 4.78 is 5.05. The van der Waals surface area contributed by atoms with Crippen molar-refractivity contribution in [2.75, 3.05) is 0 Å². The maximum atomic E-state index is 11.6. The highest BCUT2D eigenvalue weighted by Gasteiger charge is 2.14. The highest BCUT2D eigenvalue weighted by atomic mass is 16.6. The van der Waals surface area contributed by atoms with Crippen LogP contribution in [0.15, 0.2) is 42.5 Å². The van der Waals surface area contributed by atoms with Crippen LogP contribution in [0.3, 0.4) is 0 Å². The van der Waals surface area contributed by atoms with E-state index in [1.807, 2.05) is 6.07 Å². The summed E-state index contributed by atoms with van der Waals surface area (Å²) in [7, 11) is 0. The minimum atomic E-state index is -0.544. The van der Waals surface area contributed by atoms with Crippen LogP contribution in [0, 0.1) is 0 Å². The van der Waals surface area contributed by atoms with Crippen molar-refractivity contribution in [1.29, 1.82) is 0 Å². The molecule has 0 radical (unpaired) electrons. The lowest BCUT2D eigenvalue weighted by Gasteiger charge is -2.17. The number of benzene rings is 1. The number of ether oxygens (including phenoxy) is 1. The van der Waals surface area contributed by atoms with Crippen molar-refractivity contribution in [3.8, 4) is 0 Å². The summed E-state index contributed by atoms with van der Waals surface area (Å²) >= 11 is 0. The fraction of sp³-hybridized carbons (Fsp3) is 0.286. The Morgan fingerprint density at radius 2 is 1.65 bits per heavy atom. The number of rotatable bonds is 3. The average molecular weight is 232 g/mol. The van der Waals surface area contributed by atoms with Crippen LogP contribution >= 0.6 is 0 Å². The van der Waals surface area contributed by atoms with Gasteiger partial charge in [-0.1, -0.05) is 30.3 Å². The van der Waals surface area contributed by atoms with Gasteiger partial charge in [0.25, 0.3) is 0 Å². The minimum absolute atomic E-state index is 0.212. The minimum Gasteiger partial charge on any atom is -0.457 e. The average Bonchev–Trinajstić information content (AvgIpc) is 2.25. The molecule has 0 fully saturated rings. The summed E-state index contributed by atoms with van der Waals surface area (Å²) in [4.78, 5) is 23.0. The zero-order valence-electron chi connectivity index (χ0n) is 10.3. The number of ketones is 1. The Hall–Kier alpha value is -1.90. The molecule has 3 nitrogen and oxygen atoms in total. The fourth-order valence-corrected chi connectivity index (χ4v) is 1.18. The summed E-state index contributed by atoms with van der Waals surface area (Å²) in [6, 6.07) is 8.76. The van der Waals surface area contributed by atoms with Crippen molar-refractivity contribution in [3.05, 3.63) is 48.0 Å². The van der Waals surface area contributed by atoms with Gasteiger partial charge in [-0.3, -0.25) is 4.79 Å². The Kier molecular flexibility index (Phi) is 4.21. The first kappa shape index (κ1) is 13.2. The molecule has 0 amide bonds. The Morgan fingerprint density at radius 3 is 2.18 bits per heavy atom. The molecule has 1 rings (SSSR count). The van der Waals surface area contributed by atoms with Gasteiger partial charge >= 0.3 is 5.97 Å². The van der Waals surface area contributed by atoms with Crippen LogP contribution in [0.4, 0.5) is 0 Å². The van der Waals surface area contributed by atoms with Gasteiger partial charge in [0, 0.05) is 11.6 Å². The molecule has 0 heterocycles. The van der Waals surface area contributed by atoms with E-state index in [-0.39, 0.29) is 5.78 Å². The molecule has 0 bridgehead atoms. The van der Waals surface area contributed by atoms with Gasteiger partial charge in [-0.2, -0.15) is 0 Å². The smallest absolute Gasteiger partial charge is 0.331 e. The normalized spacial score (nSPS) is 11.5. The molecule has 0 saturated carbocycles. The first-order valence-corrected chi connectivity index (χ1v) is 5.39. The quantitative estimate of drug-likeness (QED) is 0.457. The van der Waals surface area contributed by atoms with Crippen molar-refractivity contribution in [2.24, 2.45) is 0 Å². The van der Waals surface area contributed by atoms with Crippen molar-refractivity contribution in [2.45, 2.75) is 26.4 Å². The molecule has 0 spiro atoms. The van der Waals surface area contributed by atoms with Gasteiger partial charge < -0.3 is 4.74 Å². The number of hydrogen-bond donors (Lipinski definition) is 0. The predicted octanol–water partition coefficient (Wildman–Crippen LogP) is 2.77. The standard InChI is InChI=1S/C14H16O3/c1-14(2,3)17-13(16)10-9-12(15)11-7-5-4-6-8-11/h4-10H,1-3H3/b10-9+. The summed E-state index contributed by atoms with van der Waals surface area (Å²) in [6.07, 6.45) is 2.38. The van der Waals surface area contributed by atoms with E-state index >= 15 is 0 Å². The molecule has 1 aromatic carbocycles. The third-order valence-electron chi connectivity index (χ3n) is 1.84. The second kappa shape index (κ2) is 5.43. The Morgan fingerprint density at radius 1 is 1.06 bits per heavy atom. The van der Waals surface area contributed by atoms with Gasteiger partial charge in [0.15, 0.2) is 5.78 Å². The third kappa shape index (κ3) is 5.11. The van der Waals surface area contributed by atoms with E-state index in [2.05, 4.69) is 0 Å². The largest absolute Gasteiger partial charge is 0.457 e. The van der Waals surface area contributed by atoms with Gasteiger partial charge in [0.05, 0.1) is 0 Å². The summed E-state index contributed by atoms with van der Waals surface area (Å²) in [5.74, 6) is -0.724. The van der Waals surface area contributed by atoms with Crippen molar-refractivity contribution in [3.63, 3.8) is 0 Å². The van der Waals surface area contributed by atoms with E-state index < -0.39 is 11.6 Å². The van der Waals surface area contributed by atoms with Crippen molar-refractivity contribution >= 4 is 11.8 Å². The maximum absolute atomic E-state index is 11.6. The van der Waals surface area contributed by atoms with Crippen LogP contribution in [0.25, 0.3) is 0 Å². The Balaban J connectivity index is 2.61. The second-order valence-corrected chi connectivity index (χ2v) is 4.60. The van der Waals surface area contributed by atoms with E-state index in [0.29, 0.717) is 5.56 Å². The number of esters is 1. The molecule has 0 aliphatic heterocycles. The maximum Gasteiger partial charge on any atom is 0.331 e. The highest BCUT2D eigenvalue weighted by molar-refractivity contribution is 6.06. The molecule has 3 heteroatoms. The lowest BCUT2D eigenvalue weighted by Crippen LogP contribution is -2.22. The van der Waals surface area contributed by atoms with Crippen LogP contribution < -0.4 is 0 Å². The van der Waals surface area contributed by atoms with Gasteiger partial charge in [0.1, 0.15) is 5.60 Å². The van der Waals surface area contributed by atoms with Gasteiger partial charge in [-0.25, -0.2) is 4.79 Å². The molecule has 90 valence electrons. The lowest BCUT2D eigenvalue weighted by atomic mass is 10.1. The van der Waals surface area contributed by atoms with Gasteiger partial charge in [-0.05, 0) is 26.8 Å². The van der Waals surface area contributed by atoms with E-state index in [9.17, 15) is 9.59 Å². The summed E-state index contributed by atoms with van der Waals surface area (Å²) in [5, 5.41) is 0. The lowest BCUT2D eigenvalue weighted by molar-refractivity contribution is -0.148. The SMILES string of the molecule is CC(C)(C)OC(=O)/C=C/C(=O)c1ccccc1. The number of hydrogen-bond acceptors (Lipinski definition) is 3. The highest BCUT2D eigenvalue weighted by Crippen LogP contribution is 2.07. The molecule has 1 aromatic rings. The molecular formula is C14H16O3. The first-order valence-electron chi connectivity index (χ1n) is 5.39. The molecule has 0 N–H and O–H groups in total. The fourth-order valence-electron chi connectivity index (χ4n) is 1.18. The van der Waals surface area contributed by atoms with Crippen LogP contribution in [0.2, 0.25) is 0 Å². The first-order chi connectivity index (χ1) is 7.88. The molecule has 0 aromatic heterocycles. The Bertz CT molecular complexity index is 425. The number of allylic oxidation sites excluding steroid dienone is 1. The second-order valence-electron chi connectivity index (χ2n) is 4.60. The molecular weight excluding hydrogens is 216 g/mol. The molecule has 0 saturated heterocycles. The van der Waals surface area contributed by atoms with Crippen LogP contribution in [0.1, 0.15) is 31.1 Å². The molecule has 0 atom stereocenters. The monoisotopic (exact) mass is 232 g/mol. The van der Waals surface area contributed by atoms with Crippen LogP contribution in [-0.2, 0) is 9.53 Å². The molecule has 0 aliphatic rings. The molecule has 0 aliphatic carbocycles. The number of carbonyl (C=O) groups is 2. The summed E-state index contributed by atoms with van der Waals surface area (Å²) in [5.41, 5.74) is 0.00401. The topological polar surface area (TPSA) is 43.4 Å². The van der Waals surface area contributed by atoms with Gasteiger partial charge in [0.2, 0.25) is 0 Å². The van der Waals surface area contributed by atoms with Crippen molar-refractivity contribution in [1.82, 2.24) is 0 Å². The third-order valence-corrected chi connectivity index (χ3v) is 1.84. The molecule has 0 unspecified atom stereocenters. The van der Waals surface area contributed by atoms with E-state index in [4.69, 9.17) is 4.74 Å². The predicted molar refractivity (Wildman–Crippen MR) is 65.8 cm³/mol. The van der Waals surface area contributed by atoms with Crippen molar-refractivity contribution < 1.29 is 14.3 Å². The van der Waals surface area contributed by atoms with Crippen LogP contribution in [-0.4, -0.2) is 17.4 Å². The van der Waals surface area contributed by atoms with E-state index in [1.54, 1.807) is 45.0 Å². The zero-order chi connectivity index (χ0) is 12.9. The Labute approximate surface area is 101 Å². The van der Waals surface area contributed by atoms with E-state index in [1.165, 1.54) is 6.08 Å². The molecule has 17 heavy (non-hydrogen) atoms. The van der Waals surface area contributed by atoms with Crippen LogP contribution in [0.5, 0.6) is 0 Å². The number of carbonyl (C=O) groups excluding carboxylic acids is 2. The van der Waals surface area contributed by atoms with E-state index in [0.717, 1.165) is 6.08 Å². The summed E-state index contributed by atoms with van der Waals surface area (Å²) in [6.45, 7) is 5.33.